The maximum absolute atomic E-state index is 13.4. The van der Waals surface area contributed by atoms with Gasteiger partial charge in [-0.05, 0) is 60.9 Å². The molecule has 0 radical (unpaired) electrons. The minimum absolute atomic E-state index is 0.0593. The van der Waals surface area contributed by atoms with Crippen LogP contribution in [0, 0.1) is 12.7 Å². The van der Waals surface area contributed by atoms with Crippen LogP contribution in [-0.2, 0) is 11.2 Å². The van der Waals surface area contributed by atoms with Gasteiger partial charge in [-0.2, -0.15) is 0 Å². The van der Waals surface area contributed by atoms with E-state index in [9.17, 15) is 9.18 Å². The molecule has 4 rings (SSSR count). The summed E-state index contributed by atoms with van der Waals surface area (Å²) in [5.74, 6) is 0.472. The number of nitrogens with zero attached hydrogens (tertiary/aromatic N) is 2. The topological polar surface area (TPSA) is 46.9 Å². The van der Waals surface area contributed by atoms with Gasteiger partial charge < -0.3 is 9.88 Å². The van der Waals surface area contributed by atoms with Crippen LogP contribution < -0.4 is 5.32 Å². The predicted octanol–water partition coefficient (Wildman–Crippen LogP) is 6.05. The second-order valence-corrected chi connectivity index (χ2v) is 7.85. The van der Waals surface area contributed by atoms with Crippen molar-refractivity contribution in [1.29, 1.82) is 0 Å². The first-order valence-corrected chi connectivity index (χ1v) is 10.6. The summed E-state index contributed by atoms with van der Waals surface area (Å²) in [6, 6.07) is 21.7. The number of anilines is 1. The quantitative estimate of drug-likeness (QED) is 0.399. The molecule has 0 bridgehead atoms. The van der Waals surface area contributed by atoms with Crippen molar-refractivity contribution in [3.8, 4) is 0 Å². The van der Waals surface area contributed by atoms with Crippen molar-refractivity contribution in [1.82, 2.24) is 9.55 Å². The van der Waals surface area contributed by atoms with E-state index in [-0.39, 0.29) is 11.7 Å². The average molecular weight is 416 g/mol. The van der Waals surface area contributed by atoms with Gasteiger partial charge in [-0.25, -0.2) is 9.37 Å². The van der Waals surface area contributed by atoms with E-state index in [1.54, 1.807) is 12.1 Å². The van der Waals surface area contributed by atoms with Crippen LogP contribution >= 0.6 is 0 Å². The fourth-order valence-corrected chi connectivity index (χ4v) is 3.95. The molecule has 0 spiro atoms. The number of imidazole rings is 1. The van der Waals surface area contributed by atoms with E-state index in [0.29, 0.717) is 12.8 Å². The zero-order chi connectivity index (χ0) is 21.8. The number of hydrogen-bond acceptors (Lipinski definition) is 2. The van der Waals surface area contributed by atoms with Crippen LogP contribution in [0.15, 0.2) is 72.8 Å². The molecule has 3 aromatic carbocycles. The third-order valence-corrected chi connectivity index (χ3v) is 5.41. The first kappa shape index (κ1) is 20.8. The Morgan fingerprint density at radius 3 is 2.58 bits per heavy atom. The van der Waals surface area contributed by atoms with E-state index < -0.39 is 6.04 Å². The smallest absolute Gasteiger partial charge is 0.247 e. The number of benzene rings is 3. The van der Waals surface area contributed by atoms with E-state index in [2.05, 4.69) is 12.2 Å². The Bertz CT molecular complexity index is 1200. The van der Waals surface area contributed by atoms with Crippen molar-refractivity contribution in [2.45, 2.75) is 39.2 Å². The molecule has 4 nitrogen and oxygen atoms in total. The third kappa shape index (κ3) is 4.66. The molecule has 4 aromatic rings. The number of para-hydroxylation sites is 2. The number of hydrogen-bond donors (Lipinski definition) is 1. The highest BCUT2D eigenvalue weighted by molar-refractivity contribution is 5.95. The Morgan fingerprint density at radius 2 is 1.84 bits per heavy atom. The van der Waals surface area contributed by atoms with Crippen molar-refractivity contribution in [2.24, 2.45) is 0 Å². The highest BCUT2D eigenvalue weighted by Crippen LogP contribution is 2.27. The molecule has 0 aliphatic carbocycles. The summed E-state index contributed by atoms with van der Waals surface area (Å²) < 4.78 is 15.4. The summed E-state index contributed by atoms with van der Waals surface area (Å²) >= 11 is 0. The average Bonchev–Trinajstić information content (AvgIpc) is 3.11. The second-order valence-electron chi connectivity index (χ2n) is 7.85. The fraction of sp³-hybridized carbons (Fsp3) is 0.231. The summed E-state index contributed by atoms with van der Waals surface area (Å²) in [5, 5.41) is 3.08. The number of nitrogens with one attached hydrogen (secondary N) is 1. The number of halogens is 1. The number of amides is 1. The molecule has 1 unspecified atom stereocenters. The number of aryl methyl sites for hydroxylation is 1. The van der Waals surface area contributed by atoms with E-state index >= 15 is 0 Å². The predicted molar refractivity (Wildman–Crippen MR) is 123 cm³/mol. The Hall–Kier alpha value is -3.47. The van der Waals surface area contributed by atoms with Gasteiger partial charge in [0.2, 0.25) is 5.91 Å². The van der Waals surface area contributed by atoms with Gasteiger partial charge in [-0.15, -0.1) is 0 Å². The van der Waals surface area contributed by atoms with Crippen LogP contribution in [0.4, 0.5) is 10.1 Å². The summed E-state index contributed by atoms with van der Waals surface area (Å²) in [6.07, 6.45) is 2.07. The molecular formula is C26H26FN3O. The van der Waals surface area contributed by atoms with Crippen LogP contribution in [0.5, 0.6) is 0 Å². The molecule has 0 saturated carbocycles. The summed E-state index contributed by atoms with van der Waals surface area (Å²) in [5.41, 5.74) is 4.61. The van der Waals surface area contributed by atoms with E-state index in [1.165, 1.54) is 12.1 Å². The maximum atomic E-state index is 13.4. The van der Waals surface area contributed by atoms with Crippen molar-refractivity contribution in [3.05, 3.63) is 95.6 Å². The number of rotatable bonds is 7. The maximum Gasteiger partial charge on any atom is 0.247 e. The molecule has 158 valence electrons. The normalized spacial score (nSPS) is 12.1. The highest BCUT2D eigenvalue weighted by Gasteiger charge is 2.25. The fourth-order valence-electron chi connectivity index (χ4n) is 3.95. The van der Waals surface area contributed by atoms with Crippen LogP contribution in [0.2, 0.25) is 0 Å². The molecule has 1 heterocycles. The van der Waals surface area contributed by atoms with E-state index in [1.807, 2.05) is 60.0 Å². The number of aromatic nitrogens is 2. The Morgan fingerprint density at radius 1 is 1.06 bits per heavy atom. The van der Waals surface area contributed by atoms with Gasteiger partial charge in [0.1, 0.15) is 17.7 Å². The number of fused-ring (bicyclic) bond motifs is 1. The number of carbonyl (C=O) groups is 1. The first-order chi connectivity index (χ1) is 15.0. The van der Waals surface area contributed by atoms with E-state index in [0.717, 1.165) is 40.1 Å². The molecule has 31 heavy (non-hydrogen) atoms. The monoisotopic (exact) mass is 415 g/mol. The van der Waals surface area contributed by atoms with E-state index in [4.69, 9.17) is 4.98 Å². The van der Waals surface area contributed by atoms with Crippen LogP contribution in [0.3, 0.4) is 0 Å². The summed E-state index contributed by atoms with van der Waals surface area (Å²) in [4.78, 5) is 18.2. The Labute approximate surface area is 181 Å². The zero-order valence-electron chi connectivity index (χ0n) is 17.8. The molecule has 0 saturated heterocycles. The highest BCUT2D eigenvalue weighted by atomic mass is 19.1. The third-order valence-electron chi connectivity index (χ3n) is 5.41. The molecular weight excluding hydrogens is 389 g/mol. The summed E-state index contributed by atoms with van der Waals surface area (Å²) in [6.45, 7) is 4.08. The van der Waals surface area contributed by atoms with Crippen LogP contribution in [0.1, 0.15) is 42.8 Å². The van der Waals surface area contributed by atoms with Crippen molar-refractivity contribution in [3.63, 3.8) is 0 Å². The van der Waals surface area contributed by atoms with Gasteiger partial charge in [0, 0.05) is 12.1 Å². The molecule has 0 aliphatic heterocycles. The second kappa shape index (κ2) is 9.13. The van der Waals surface area contributed by atoms with Gasteiger partial charge in [0.25, 0.3) is 0 Å². The molecule has 1 amide bonds. The van der Waals surface area contributed by atoms with Gasteiger partial charge in [-0.1, -0.05) is 49.7 Å². The van der Waals surface area contributed by atoms with Crippen LogP contribution in [0.25, 0.3) is 11.0 Å². The number of carbonyl (C=O) groups excluding carboxylic acids is 1. The Kier molecular flexibility index (Phi) is 6.12. The van der Waals surface area contributed by atoms with Gasteiger partial charge in [0.05, 0.1) is 11.0 Å². The minimum Gasteiger partial charge on any atom is -0.324 e. The Balaban J connectivity index is 1.74. The lowest BCUT2D eigenvalue weighted by Crippen LogP contribution is -2.27. The van der Waals surface area contributed by atoms with Crippen molar-refractivity contribution >= 4 is 22.6 Å². The standard InChI is InChI=1S/C26H26FN3O/c1-3-7-24(26(31)28-21-9-6-8-18(2)16-21)30-23-11-5-4-10-22(23)29-25(30)17-19-12-14-20(27)15-13-19/h4-6,8-16,24H,3,7,17H2,1-2H3,(H,28,31). The molecule has 0 aliphatic rings. The van der Waals surface area contributed by atoms with Gasteiger partial charge >= 0.3 is 0 Å². The lowest BCUT2D eigenvalue weighted by molar-refractivity contribution is -0.119. The van der Waals surface area contributed by atoms with Crippen molar-refractivity contribution in [2.75, 3.05) is 5.32 Å². The molecule has 1 aromatic heterocycles. The molecule has 0 fully saturated rings. The molecule has 1 atom stereocenters. The SMILES string of the molecule is CCCC(C(=O)Nc1cccc(C)c1)n1c(Cc2ccc(F)cc2)nc2ccccc21. The first-order valence-electron chi connectivity index (χ1n) is 10.6. The van der Waals surface area contributed by atoms with Gasteiger partial charge in [0.15, 0.2) is 0 Å². The molecule has 1 N–H and O–H groups in total. The molecule has 5 heteroatoms. The lowest BCUT2D eigenvalue weighted by Gasteiger charge is -2.21. The lowest BCUT2D eigenvalue weighted by atomic mass is 10.1. The van der Waals surface area contributed by atoms with Crippen LogP contribution in [-0.4, -0.2) is 15.5 Å². The summed E-state index contributed by atoms with van der Waals surface area (Å²) in [7, 11) is 0. The largest absolute Gasteiger partial charge is 0.324 e. The zero-order valence-corrected chi connectivity index (χ0v) is 17.8. The van der Waals surface area contributed by atoms with Crippen molar-refractivity contribution < 1.29 is 9.18 Å². The van der Waals surface area contributed by atoms with Gasteiger partial charge in [-0.3, -0.25) is 4.79 Å². The minimum atomic E-state index is -0.395.